The van der Waals surface area contributed by atoms with Crippen molar-refractivity contribution in [1.29, 1.82) is 0 Å². The zero-order valence-electron chi connectivity index (χ0n) is 12.0. The number of carbonyl (C=O) groups is 2. The number of carboxylic acids is 1. The predicted molar refractivity (Wildman–Crippen MR) is 78.3 cm³/mol. The first kappa shape index (κ1) is 15.2. The van der Waals surface area contributed by atoms with Crippen molar-refractivity contribution in [2.75, 3.05) is 31.1 Å². The molecule has 1 saturated heterocycles. The highest BCUT2D eigenvalue weighted by atomic mass is 16.4. The summed E-state index contributed by atoms with van der Waals surface area (Å²) in [7, 11) is 0. The maximum Gasteiger partial charge on any atom is 0.320 e. The number of nitrogens with zero attached hydrogens (tertiary/aromatic N) is 3. The Kier molecular flexibility index (Phi) is 4.74. The summed E-state index contributed by atoms with van der Waals surface area (Å²) in [6.45, 7) is 4.37. The lowest BCUT2D eigenvalue weighted by atomic mass is 10.1. The topological polar surface area (TPSA) is 99.8 Å². The van der Waals surface area contributed by atoms with Gasteiger partial charge in [-0.1, -0.05) is 6.92 Å². The van der Waals surface area contributed by atoms with E-state index in [0.717, 1.165) is 0 Å². The standard InChI is InChI=1S/C14H20N4O3/c1-2-11(14(20)21)17-6-8-18(9-7-17)13-10(12(15)19)4-3-5-16-13/h3-5,11H,2,6-9H2,1H3,(H2,15,19)(H,20,21). The average Bonchev–Trinajstić information content (AvgIpc) is 2.48. The minimum atomic E-state index is -0.790. The number of hydrogen-bond donors (Lipinski definition) is 2. The summed E-state index contributed by atoms with van der Waals surface area (Å²) in [6.07, 6.45) is 2.20. The predicted octanol–water partition coefficient (Wildman–Crippen LogP) is 0.166. The fourth-order valence-electron chi connectivity index (χ4n) is 2.68. The van der Waals surface area contributed by atoms with Crippen molar-refractivity contribution < 1.29 is 14.7 Å². The van der Waals surface area contributed by atoms with Crippen molar-refractivity contribution in [2.24, 2.45) is 5.73 Å². The molecule has 0 radical (unpaired) electrons. The van der Waals surface area contributed by atoms with E-state index in [1.807, 2.05) is 16.7 Å². The van der Waals surface area contributed by atoms with Crippen LogP contribution < -0.4 is 10.6 Å². The second kappa shape index (κ2) is 6.53. The maximum atomic E-state index is 11.4. The second-order valence-electron chi connectivity index (χ2n) is 5.02. The number of aromatic nitrogens is 1. The number of rotatable bonds is 5. The van der Waals surface area contributed by atoms with Crippen LogP contribution in [0.3, 0.4) is 0 Å². The van der Waals surface area contributed by atoms with Gasteiger partial charge in [0, 0.05) is 32.4 Å². The van der Waals surface area contributed by atoms with Crippen LogP contribution in [0, 0.1) is 0 Å². The monoisotopic (exact) mass is 292 g/mol. The molecule has 1 aromatic heterocycles. The van der Waals surface area contributed by atoms with Crippen molar-refractivity contribution in [1.82, 2.24) is 9.88 Å². The van der Waals surface area contributed by atoms with Gasteiger partial charge in [-0.2, -0.15) is 0 Å². The largest absolute Gasteiger partial charge is 0.480 e. The van der Waals surface area contributed by atoms with Crippen LogP contribution in [0.5, 0.6) is 0 Å². The van der Waals surface area contributed by atoms with E-state index in [1.165, 1.54) is 0 Å². The Hall–Kier alpha value is -2.15. The van der Waals surface area contributed by atoms with E-state index in [0.29, 0.717) is 44.0 Å². The molecular formula is C14H20N4O3. The van der Waals surface area contributed by atoms with E-state index in [9.17, 15) is 14.7 Å². The van der Waals surface area contributed by atoms with Gasteiger partial charge in [0.25, 0.3) is 5.91 Å². The normalized spacial score (nSPS) is 17.5. The molecule has 0 aliphatic carbocycles. The van der Waals surface area contributed by atoms with Crippen LogP contribution in [0.4, 0.5) is 5.82 Å². The van der Waals surface area contributed by atoms with Crippen molar-refractivity contribution in [2.45, 2.75) is 19.4 Å². The van der Waals surface area contributed by atoms with Crippen LogP contribution in [0.15, 0.2) is 18.3 Å². The molecular weight excluding hydrogens is 272 g/mol. The fourth-order valence-corrected chi connectivity index (χ4v) is 2.68. The van der Waals surface area contributed by atoms with E-state index >= 15 is 0 Å². The van der Waals surface area contributed by atoms with Crippen molar-refractivity contribution in [3.63, 3.8) is 0 Å². The third-order valence-corrected chi connectivity index (χ3v) is 3.78. The molecule has 0 bridgehead atoms. The third-order valence-electron chi connectivity index (χ3n) is 3.78. The summed E-state index contributed by atoms with van der Waals surface area (Å²) < 4.78 is 0. The summed E-state index contributed by atoms with van der Waals surface area (Å²) in [5.41, 5.74) is 5.76. The molecule has 3 N–H and O–H groups in total. The molecule has 21 heavy (non-hydrogen) atoms. The Balaban J connectivity index is 2.08. The fraction of sp³-hybridized carbons (Fsp3) is 0.500. The Morgan fingerprint density at radius 2 is 2.05 bits per heavy atom. The number of hydrogen-bond acceptors (Lipinski definition) is 5. The quantitative estimate of drug-likeness (QED) is 0.802. The summed E-state index contributed by atoms with van der Waals surface area (Å²) in [6, 6.07) is 2.88. The number of anilines is 1. The van der Waals surface area contributed by atoms with Gasteiger partial charge in [-0.25, -0.2) is 4.98 Å². The van der Waals surface area contributed by atoms with Crippen LogP contribution in [-0.2, 0) is 4.79 Å². The number of aliphatic carboxylic acids is 1. The van der Waals surface area contributed by atoms with E-state index in [-0.39, 0.29) is 0 Å². The summed E-state index contributed by atoms with van der Waals surface area (Å²) in [5, 5.41) is 9.20. The Morgan fingerprint density at radius 3 is 2.57 bits per heavy atom. The van der Waals surface area contributed by atoms with E-state index < -0.39 is 17.9 Å². The van der Waals surface area contributed by atoms with Gasteiger partial charge in [0.15, 0.2) is 0 Å². The molecule has 1 aliphatic heterocycles. The van der Waals surface area contributed by atoms with Gasteiger partial charge in [0.1, 0.15) is 11.9 Å². The molecule has 0 spiro atoms. The molecule has 1 aromatic rings. The lowest BCUT2D eigenvalue weighted by Gasteiger charge is -2.38. The summed E-state index contributed by atoms with van der Waals surface area (Å²) in [4.78, 5) is 30.8. The van der Waals surface area contributed by atoms with Gasteiger partial charge in [0.2, 0.25) is 0 Å². The van der Waals surface area contributed by atoms with Gasteiger partial charge in [0.05, 0.1) is 5.56 Å². The van der Waals surface area contributed by atoms with E-state index in [1.54, 1.807) is 18.3 Å². The number of carboxylic acid groups (broad SMARTS) is 1. The molecule has 2 rings (SSSR count). The Labute approximate surface area is 123 Å². The Morgan fingerprint density at radius 1 is 1.38 bits per heavy atom. The zero-order chi connectivity index (χ0) is 15.4. The molecule has 2 heterocycles. The minimum absolute atomic E-state index is 0.399. The molecule has 7 nitrogen and oxygen atoms in total. The number of primary amides is 1. The van der Waals surface area contributed by atoms with E-state index in [2.05, 4.69) is 4.98 Å². The first-order valence-corrected chi connectivity index (χ1v) is 7.01. The first-order valence-electron chi connectivity index (χ1n) is 7.01. The molecule has 114 valence electrons. The number of piperazine rings is 1. The SMILES string of the molecule is CCC(C(=O)O)N1CCN(c2ncccc2C(N)=O)CC1. The lowest BCUT2D eigenvalue weighted by molar-refractivity contribution is -0.143. The van der Waals surface area contributed by atoms with E-state index in [4.69, 9.17) is 5.73 Å². The van der Waals surface area contributed by atoms with Crippen molar-refractivity contribution in [3.8, 4) is 0 Å². The first-order chi connectivity index (χ1) is 10.0. The van der Waals surface area contributed by atoms with Crippen molar-refractivity contribution in [3.05, 3.63) is 23.9 Å². The lowest BCUT2D eigenvalue weighted by Crippen LogP contribution is -2.53. The van der Waals surface area contributed by atoms with Crippen LogP contribution in [0.2, 0.25) is 0 Å². The molecule has 0 saturated carbocycles. The highest BCUT2D eigenvalue weighted by Gasteiger charge is 2.28. The summed E-state index contributed by atoms with van der Waals surface area (Å²) in [5.74, 6) is -0.716. The summed E-state index contributed by atoms with van der Waals surface area (Å²) >= 11 is 0. The minimum Gasteiger partial charge on any atom is -0.480 e. The maximum absolute atomic E-state index is 11.4. The molecule has 1 unspecified atom stereocenters. The van der Waals surface area contributed by atoms with Crippen LogP contribution >= 0.6 is 0 Å². The number of nitrogens with two attached hydrogens (primary N) is 1. The molecule has 7 heteroatoms. The van der Waals surface area contributed by atoms with Crippen molar-refractivity contribution >= 4 is 17.7 Å². The zero-order valence-corrected chi connectivity index (χ0v) is 12.0. The molecule has 0 aromatic carbocycles. The molecule has 1 atom stereocenters. The van der Waals surface area contributed by atoms with Crippen LogP contribution in [0.1, 0.15) is 23.7 Å². The van der Waals surface area contributed by atoms with Gasteiger partial charge in [-0.3, -0.25) is 14.5 Å². The van der Waals surface area contributed by atoms with Crippen LogP contribution in [-0.4, -0.2) is 59.1 Å². The number of amides is 1. The molecule has 1 aliphatic rings. The van der Waals surface area contributed by atoms with Gasteiger partial charge < -0.3 is 15.7 Å². The Bertz CT molecular complexity index is 527. The average molecular weight is 292 g/mol. The van der Waals surface area contributed by atoms with Crippen LogP contribution in [0.25, 0.3) is 0 Å². The third kappa shape index (κ3) is 3.30. The smallest absolute Gasteiger partial charge is 0.320 e. The van der Waals surface area contributed by atoms with Gasteiger partial charge in [-0.05, 0) is 18.6 Å². The molecule has 1 amide bonds. The number of pyridine rings is 1. The highest BCUT2D eigenvalue weighted by Crippen LogP contribution is 2.19. The highest BCUT2D eigenvalue weighted by molar-refractivity contribution is 5.97. The second-order valence-corrected chi connectivity index (χ2v) is 5.02. The molecule has 1 fully saturated rings. The number of carbonyl (C=O) groups excluding carboxylic acids is 1. The van der Waals surface area contributed by atoms with Gasteiger partial charge >= 0.3 is 5.97 Å². The van der Waals surface area contributed by atoms with Gasteiger partial charge in [-0.15, -0.1) is 0 Å².